The molecule has 0 heterocycles. The Morgan fingerprint density at radius 1 is 1.47 bits per heavy atom. The van der Waals surface area contributed by atoms with Gasteiger partial charge in [-0.2, -0.15) is 0 Å². The third kappa shape index (κ3) is 2.18. The van der Waals surface area contributed by atoms with E-state index in [1.165, 1.54) is 11.1 Å². The van der Waals surface area contributed by atoms with Gasteiger partial charge >= 0.3 is 0 Å². The number of nitrogens with one attached hydrogen (secondary N) is 1. The lowest BCUT2D eigenvalue weighted by Gasteiger charge is -2.30. The molecule has 0 spiro atoms. The highest BCUT2D eigenvalue weighted by atomic mass is 16.1. The zero-order chi connectivity index (χ0) is 10.7. The summed E-state index contributed by atoms with van der Waals surface area (Å²) in [5.74, 6) is 0.560. The predicted molar refractivity (Wildman–Crippen MR) is 59.6 cm³/mol. The third-order valence-corrected chi connectivity index (χ3v) is 2.88. The van der Waals surface area contributed by atoms with Gasteiger partial charge in [-0.3, -0.25) is 4.79 Å². The van der Waals surface area contributed by atoms with E-state index in [0.717, 1.165) is 13.0 Å². The second-order valence-electron chi connectivity index (χ2n) is 3.94. The number of hydrogen-bond acceptors (Lipinski definition) is 2. The van der Waals surface area contributed by atoms with Crippen LogP contribution in [0.3, 0.4) is 0 Å². The van der Waals surface area contributed by atoms with E-state index in [0.29, 0.717) is 18.9 Å². The minimum atomic E-state index is 0.0573. The highest BCUT2D eigenvalue weighted by Gasteiger charge is 2.25. The lowest BCUT2D eigenvalue weighted by molar-refractivity contribution is -0.120. The minimum absolute atomic E-state index is 0.0573. The number of nitrogens with two attached hydrogens (primary N) is 1. The van der Waals surface area contributed by atoms with Crippen molar-refractivity contribution < 1.29 is 4.79 Å². The minimum Gasteiger partial charge on any atom is -0.355 e. The summed E-state index contributed by atoms with van der Waals surface area (Å²) in [5.41, 5.74) is 8.09. The third-order valence-electron chi connectivity index (χ3n) is 2.88. The van der Waals surface area contributed by atoms with E-state index < -0.39 is 0 Å². The summed E-state index contributed by atoms with van der Waals surface area (Å²) in [5, 5.41) is 2.91. The van der Waals surface area contributed by atoms with Crippen molar-refractivity contribution in [2.45, 2.75) is 18.8 Å². The van der Waals surface area contributed by atoms with Crippen molar-refractivity contribution in [3.63, 3.8) is 0 Å². The second kappa shape index (κ2) is 4.45. The molecule has 1 atom stereocenters. The molecule has 3 N–H and O–H groups in total. The summed E-state index contributed by atoms with van der Waals surface area (Å²) >= 11 is 0. The first-order valence-electron chi connectivity index (χ1n) is 5.36. The van der Waals surface area contributed by atoms with Gasteiger partial charge in [-0.05, 0) is 17.5 Å². The summed E-state index contributed by atoms with van der Waals surface area (Å²) in [4.78, 5) is 11.2. The van der Waals surface area contributed by atoms with Crippen LogP contribution in [0.1, 0.15) is 23.5 Å². The summed E-state index contributed by atoms with van der Waals surface area (Å²) in [6, 6.07) is 8.39. The second-order valence-corrected chi connectivity index (χ2v) is 3.94. The van der Waals surface area contributed by atoms with Crippen molar-refractivity contribution in [2.75, 3.05) is 13.1 Å². The molecule has 3 nitrogen and oxygen atoms in total. The molecular formula is C12H16N2O. The molecule has 0 fully saturated rings. The fraction of sp³-hybridized carbons (Fsp3) is 0.417. The van der Waals surface area contributed by atoms with Crippen LogP contribution in [0.5, 0.6) is 0 Å². The zero-order valence-corrected chi connectivity index (χ0v) is 8.70. The Bertz CT molecular complexity index is 362. The molecule has 0 aromatic heterocycles. The van der Waals surface area contributed by atoms with E-state index in [9.17, 15) is 4.79 Å². The zero-order valence-electron chi connectivity index (χ0n) is 8.70. The quantitative estimate of drug-likeness (QED) is 0.762. The molecule has 0 saturated heterocycles. The Labute approximate surface area is 89.7 Å². The maximum atomic E-state index is 11.2. The molecule has 0 saturated carbocycles. The summed E-state index contributed by atoms with van der Waals surface area (Å²) in [6.07, 6.45) is 1.51. The van der Waals surface area contributed by atoms with Gasteiger partial charge in [0.05, 0.1) is 0 Å². The van der Waals surface area contributed by atoms with Crippen LogP contribution < -0.4 is 11.1 Å². The van der Waals surface area contributed by atoms with Crippen molar-refractivity contribution in [2.24, 2.45) is 5.73 Å². The molecule has 1 aromatic rings. The molecule has 0 radical (unpaired) electrons. The van der Waals surface area contributed by atoms with E-state index in [1.807, 2.05) is 6.07 Å². The van der Waals surface area contributed by atoms with Crippen LogP contribution in [0.2, 0.25) is 0 Å². The van der Waals surface area contributed by atoms with Crippen molar-refractivity contribution in [1.29, 1.82) is 0 Å². The van der Waals surface area contributed by atoms with Crippen LogP contribution in [-0.2, 0) is 11.2 Å². The highest BCUT2D eigenvalue weighted by Crippen LogP contribution is 2.33. The Kier molecular flexibility index (Phi) is 3.02. The van der Waals surface area contributed by atoms with Gasteiger partial charge in [-0.1, -0.05) is 24.3 Å². The highest BCUT2D eigenvalue weighted by molar-refractivity contribution is 5.76. The van der Waals surface area contributed by atoms with Gasteiger partial charge in [0.15, 0.2) is 0 Å². The van der Waals surface area contributed by atoms with Gasteiger partial charge in [0.25, 0.3) is 0 Å². The van der Waals surface area contributed by atoms with Gasteiger partial charge in [0, 0.05) is 25.4 Å². The summed E-state index contributed by atoms with van der Waals surface area (Å²) in [6.45, 7) is 1.17. The Balaban J connectivity index is 1.82. The summed E-state index contributed by atoms with van der Waals surface area (Å²) in [7, 11) is 0. The molecule has 1 amide bonds. The lowest BCUT2D eigenvalue weighted by atomic mass is 9.77. The average Bonchev–Trinajstić information content (AvgIpc) is 2.20. The molecule has 0 aliphatic heterocycles. The Morgan fingerprint density at radius 3 is 3.00 bits per heavy atom. The Hall–Kier alpha value is -1.35. The van der Waals surface area contributed by atoms with Crippen molar-refractivity contribution in [3.05, 3.63) is 35.4 Å². The van der Waals surface area contributed by atoms with Crippen LogP contribution in [0.4, 0.5) is 0 Å². The fourth-order valence-corrected chi connectivity index (χ4v) is 2.00. The number of benzene rings is 1. The normalized spacial score (nSPS) is 17.8. The molecule has 1 unspecified atom stereocenters. The molecule has 1 aliphatic rings. The maximum absolute atomic E-state index is 11.2. The number of amides is 1. The van der Waals surface area contributed by atoms with Gasteiger partial charge in [0.2, 0.25) is 5.91 Å². The van der Waals surface area contributed by atoms with Crippen LogP contribution in [-0.4, -0.2) is 19.0 Å². The van der Waals surface area contributed by atoms with Crippen molar-refractivity contribution in [1.82, 2.24) is 5.32 Å². The average molecular weight is 204 g/mol. The number of hydrogen-bond donors (Lipinski definition) is 2. The van der Waals surface area contributed by atoms with Crippen molar-refractivity contribution >= 4 is 5.91 Å². The monoisotopic (exact) mass is 204 g/mol. The number of carbonyl (C=O) groups excluding carboxylic acids is 1. The van der Waals surface area contributed by atoms with Crippen molar-refractivity contribution in [3.8, 4) is 0 Å². The molecule has 3 heteroatoms. The van der Waals surface area contributed by atoms with Gasteiger partial charge in [-0.25, -0.2) is 0 Å². The largest absolute Gasteiger partial charge is 0.355 e. The molecule has 0 bridgehead atoms. The molecule has 80 valence electrons. The predicted octanol–water partition coefficient (Wildman–Crippen LogP) is 0.791. The smallest absolute Gasteiger partial charge is 0.221 e. The number of rotatable bonds is 4. The van der Waals surface area contributed by atoms with Gasteiger partial charge in [0.1, 0.15) is 0 Å². The molecule has 1 aliphatic carbocycles. The molecule has 2 rings (SSSR count). The molecule has 15 heavy (non-hydrogen) atoms. The van der Waals surface area contributed by atoms with Crippen LogP contribution >= 0.6 is 0 Å². The first-order chi connectivity index (χ1) is 7.31. The lowest BCUT2D eigenvalue weighted by Crippen LogP contribution is -2.33. The van der Waals surface area contributed by atoms with E-state index >= 15 is 0 Å². The van der Waals surface area contributed by atoms with E-state index in [1.54, 1.807) is 0 Å². The number of carbonyl (C=O) groups is 1. The van der Waals surface area contributed by atoms with Gasteiger partial charge < -0.3 is 11.1 Å². The number of fused-ring (bicyclic) bond motifs is 1. The molecule has 1 aromatic carbocycles. The maximum Gasteiger partial charge on any atom is 0.221 e. The van der Waals surface area contributed by atoms with E-state index in [-0.39, 0.29) is 5.91 Å². The van der Waals surface area contributed by atoms with Crippen LogP contribution in [0, 0.1) is 0 Å². The van der Waals surface area contributed by atoms with E-state index in [4.69, 9.17) is 5.73 Å². The standard InChI is InChI=1S/C12H16N2O/c13-6-5-12(15)14-8-10-7-9-3-1-2-4-11(9)10/h1-4,10H,5-8,13H2,(H,14,15). The fourth-order valence-electron chi connectivity index (χ4n) is 2.00. The van der Waals surface area contributed by atoms with Crippen LogP contribution in [0.15, 0.2) is 24.3 Å². The Morgan fingerprint density at radius 2 is 2.27 bits per heavy atom. The first-order valence-corrected chi connectivity index (χ1v) is 5.36. The van der Waals surface area contributed by atoms with E-state index in [2.05, 4.69) is 23.5 Å². The summed E-state index contributed by atoms with van der Waals surface area (Å²) < 4.78 is 0. The first kappa shape index (κ1) is 10.2. The van der Waals surface area contributed by atoms with Gasteiger partial charge in [-0.15, -0.1) is 0 Å². The molecular weight excluding hydrogens is 188 g/mol. The van der Waals surface area contributed by atoms with Crippen LogP contribution in [0.25, 0.3) is 0 Å². The SMILES string of the molecule is NCCC(=O)NCC1Cc2ccccc21. The topological polar surface area (TPSA) is 55.1 Å².